The molecule has 0 spiro atoms. The minimum atomic E-state index is -0.682. The molecule has 0 amide bonds. The van der Waals surface area contributed by atoms with Gasteiger partial charge < -0.3 is 21.4 Å². The van der Waals surface area contributed by atoms with E-state index in [0.717, 1.165) is 37.4 Å². The van der Waals surface area contributed by atoms with Gasteiger partial charge in [0, 0.05) is 53.3 Å². The standard InChI is InChI=1S/C23H30F2N6/c1-22(2)10-15(11-23(3,4)30-22)31(5)21-7-6-20(28-29-21)17-9-18(24)16(8-19(17)25)14(12-26)13-27/h6-9,12-13,15,26,30H,10-11,27H2,1-5H3/b14-13+,26-12?. The Hall–Kier alpha value is -2.87. The van der Waals surface area contributed by atoms with Crippen molar-refractivity contribution in [2.75, 3.05) is 11.9 Å². The molecule has 8 heteroatoms. The molecule has 0 radical (unpaired) electrons. The van der Waals surface area contributed by atoms with Gasteiger partial charge in [-0.1, -0.05) is 0 Å². The first kappa shape index (κ1) is 22.8. The maximum absolute atomic E-state index is 14.7. The lowest BCUT2D eigenvalue weighted by molar-refractivity contribution is 0.160. The zero-order valence-electron chi connectivity index (χ0n) is 18.6. The van der Waals surface area contributed by atoms with Gasteiger partial charge in [-0.05, 0) is 64.8 Å². The molecule has 6 nitrogen and oxygen atoms in total. The first-order valence-electron chi connectivity index (χ1n) is 10.2. The smallest absolute Gasteiger partial charge is 0.151 e. The van der Waals surface area contributed by atoms with E-state index >= 15 is 0 Å². The number of halogens is 2. The van der Waals surface area contributed by atoms with Gasteiger partial charge >= 0.3 is 0 Å². The fourth-order valence-electron chi connectivity index (χ4n) is 4.57. The minimum Gasteiger partial charge on any atom is -0.404 e. The number of piperidine rings is 1. The van der Waals surface area contributed by atoms with E-state index in [2.05, 4.69) is 48.1 Å². The Labute approximate surface area is 182 Å². The largest absolute Gasteiger partial charge is 0.404 e. The number of hydrogen-bond acceptors (Lipinski definition) is 6. The Morgan fingerprint density at radius 1 is 1.13 bits per heavy atom. The predicted octanol–water partition coefficient (Wildman–Crippen LogP) is 4.12. The number of nitrogens with one attached hydrogen (secondary N) is 2. The molecule has 2 heterocycles. The topological polar surface area (TPSA) is 90.9 Å². The van der Waals surface area contributed by atoms with Crippen LogP contribution in [0.15, 0.2) is 30.5 Å². The summed E-state index contributed by atoms with van der Waals surface area (Å²) in [6.07, 6.45) is 3.84. The average molecular weight is 429 g/mol. The number of nitrogens with zero attached hydrogens (tertiary/aromatic N) is 3. The predicted molar refractivity (Wildman–Crippen MR) is 121 cm³/mol. The van der Waals surface area contributed by atoms with E-state index in [-0.39, 0.29) is 39.5 Å². The van der Waals surface area contributed by atoms with Crippen LogP contribution in [0.25, 0.3) is 16.8 Å². The number of rotatable bonds is 5. The van der Waals surface area contributed by atoms with E-state index in [1.165, 1.54) is 0 Å². The lowest BCUT2D eigenvalue weighted by Crippen LogP contribution is -2.62. The van der Waals surface area contributed by atoms with Crippen molar-refractivity contribution in [1.82, 2.24) is 15.5 Å². The summed E-state index contributed by atoms with van der Waals surface area (Å²) in [5.74, 6) is -0.662. The monoisotopic (exact) mass is 428 g/mol. The van der Waals surface area contributed by atoms with Gasteiger partial charge in [-0.2, -0.15) is 0 Å². The molecule has 0 saturated carbocycles. The molecule has 3 rings (SSSR count). The fourth-order valence-corrected chi connectivity index (χ4v) is 4.57. The van der Waals surface area contributed by atoms with Crippen molar-refractivity contribution >= 4 is 17.6 Å². The van der Waals surface area contributed by atoms with Crippen LogP contribution in [0.1, 0.15) is 46.1 Å². The summed E-state index contributed by atoms with van der Waals surface area (Å²) in [5, 5.41) is 19.4. The minimum absolute atomic E-state index is 0.00781. The Morgan fingerprint density at radius 2 is 1.77 bits per heavy atom. The Balaban J connectivity index is 1.87. The van der Waals surface area contributed by atoms with Gasteiger partial charge in [-0.25, -0.2) is 8.78 Å². The van der Waals surface area contributed by atoms with Crippen LogP contribution in [0.2, 0.25) is 0 Å². The van der Waals surface area contributed by atoms with E-state index in [4.69, 9.17) is 11.1 Å². The van der Waals surface area contributed by atoms with Crippen molar-refractivity contribution in [2.45, 2.75) is 57.7 Å². The zero-order valence-corrected chi connectivity index (χ0v) is 18.6. The summed E-state index contributed by atoms with van der Waals surface area (Å²) in [6.45, 7) is 8.76. The van der Waals surface area contributed by atoms with Crippen LogP contribution in [0.3, 0.4) is 0 Å². The van der Waals surface area contributed by atoms with Crippen LogP contribution in [0.4, 0.5) is 14.6 Å². The summed E-state index contributed by atoms with van der Waals surface area (Å²) in [5.41, 5.74) is 5.64. The molecule has 2 aromatic rings. The molecule has 166 valence electrons. The van der Waals surface area contributed by atoms with Crippen LogP contribution in [-0.4, -0.2) is 40.6 Å². The number of allylic oxidation sites excluding steroid dienone is 1. The van der Waals surface area contributed by atoms with Crippen molar-refractivity contribution in [3.8, 4) is 11.3 Å². The third-order valence-corrected chi connectivity index (χ3v) is 5.71. The molecule has 0 aliphatic carbocycles. The van der Waals surface area contributed by atoms with Crippen LogP contribution < -0.4 is 16.0 Å². The summed E-state index contributed by atoms with van der Waals surface area (Å²) in [7, 11) is 1.99. The molecule has 0 unspecified atom stereocenters. The number of anilines is 1. The SMILES string of the molecule is CN(c1ccc(-c2cc(F)c(/C(C=N)=C/N)cc2F)nn1)C1CC(C)(C)NC(C)(C)C1. The van der Waals surface area contributed by atoms with Gasteiger partial charge in [0.2, 0.25) is 0 Å². The highest BCUT2D eigenvalue weighted by Gasteiger charge is 2.39. The maximum Gasteiger partial charge on any atom is 0.151 e. The summed E-state index contributed by atoms with van der Waals surface area (Å²) >= 11 is 0. The molecule has 1 aliphatic rings. The maximum atomic E-state index is 14.7. The third-order valence-electron chi connectivity index (χ3n) is 5.71. The molecule has 1 aromatic heterocycles. The summed E-state index contributed by atoms with van der Waals surface area (Å²) in [6, 6.07) is 5.77. The van der Waals surface area contributed by atoms with Gasteiger partial charge in [0.15, 0.2) is 5.82 Å². The zero-order chi connectivity index (χ0) is 23.0. The van der Waals surface area contributed by atoms with Crippen LogP contribution >= 0.6 is 0 Å². The van der Waals surface area contributed by atoms with Gasteiger partial charge in [-0.3, -0.25) is 0 Å². The van der Waals surface area contributed by atoms with Gasteiger partial charge in [0.25, 0.3) is 0 Å². The highest BCUT2D eigenvalue weighted by atomic mass is 19.1. The van der Waals surface area contributed by atoms with E-state index < -0.39 is 11.6 Å². The molecule has 0 bridgehead atoms. The molecular weight excluding hydrogens is 398 g/mol. The molecular formula is C23H30F2N6. The quantitative estimate of drug-likeness (QED) is 0.624. The fraction of sp³-hybridized carbons (Fsp3) is 0.435. The van der Waals surface area contributed by atoms with Gasteiger partial charge in [-0.15, -0.1) is 10.2 Å². The van der Waals surface area contributed by atoms with Gasteiger partial charge in [0.05, 0.1) is 5.69 Å². The lowest BCUT2D eigenvalue weighted by Gasteiger charge is -2.49. The second-order valence-electron chi connectivity index (χ2n) is 9.42. The van der Waals surface area contributed by atoms with Crippen molar-refractivity contribution in [3.63, 3.8) is 0 Å². The molecule has 31 heavy (non-hydrogen) atoms. The molecule has 0 atom stereocenters. The number of hydrogen-bond donors (Lipinski definition) is 3. The highest BCUT2D eigenvalue weighted by molar-refractivity contribution is 6.08. The number of benzene rings is 1. The molecule has 1 fully saturated rings. The van der Waals surface area contributed by atoms with Crippen LogP contribution in [0.5, 0.6) is 0 Å². The van der Waals surface area contributed by atoms with E-state index in [1.54, 1.807) is 12.1 Å². The van der Waals surface area contributed by atoms with E-state index in [0.29, 0.717) is 5.82 Å². The van der Waals surface area contributed by atoms with E-state index in [1.807, 2.05) is 7.05 Å². The summed E-state index contributed by atoms with van der Waals surface area (Å²) in [4.78, 5) is 2.10. The number of aromatic nitrogens is 2. The van der Waals surface area contributed by atoms with Crippen molar-refractivity contribution in [1.29, 1.82) is 5.41 Å². The Bertz CT molecular complexity index is 982. The molecule has 1 aromatic carbocycles. The van der Waals surface area contributed by atoms with Crippen LogP contribution in [-0.2, 0) is 0 Å². The number of nitrogens with two attached hydrogens (primary N) is 1. The second-order valence-corrected chi connectivity index (χ2v) is 9.42. The van der Waals surface area contributed by atoms with E-state index in [9.17, 15) is 8.78 Å². The first-order chi connectivity index (χ1) is 14.5. The molecule has 1 aliphatic heterocycles. The molecule has 1 saturated heterocycles. The van der Waals surface area contributed by atoms with Gasteiger partial charge in [0.1, 0.15) is 11.6 Å². The highest BCUT2D eigenvalue weighted by Crippen LogP contribution is 2.33. The Kier molecular flexibility index (Phi) is 6.14. The van der Waals surface area contributed by atoms with Crippen molar-refractivity contribution < 1.29 is 8.78 Å². The normalized spacial score (nSPS) is 18.6. The average Bonchev–Trinajstić information content (AvgIpc) is 2.68. The molecule has 4 N–H and O–H groups in total. The first-order valence-corrected chi connectivity index (χ1v) is 10.2. The third kappa shape index (κ3) is 4.90. The summed E-state index contributed by atoms with van der Waals surface area (Å²) < 4.78 is 29.2. The lowest BCUT2D eigenvalue weighted by atomic mass is 9.79. The van der Waals surface area contributed by atoms with Crippen molar-refractivity contribution in [2.24, 2.45) is 5.73 Å². The second kappa shape index (κ2) is 8.34. The van der Waals surface area contributed by atoms with Crippen LogP contribution in [0, 0.1) is 17.0 Å². The Morgan fingerprint density at radius 3 is 2.29 bits per heavy atom. The van der Waals surface area contributed by atoms with Crippen molar-refractivity contribution in [3.05, 3.63) is 47.7 Å².